The van der Waals surface area contributed by atoms with E-state index in [1.54, 1.807) is 0 Å². The van der Waals surface area contributed by atoms with Crippen LogP contribution < -0.4 is 15.4 Å². The first kappa shape index (κ1) is 25.5. The molecule has 2 aliphatic rings. The van der Waals surface area contributed by atoms with Crippen LogP contribution in [0.2, 0.25) is 5.02 Å². The van der Waals surface area contributed by atoms with Crippen molar-refractivity contribution in [3.05, 3.63) is 29.3 Å². The first-order chi connectivity index (χ1) is 14.6. The first-order valence-corrected chi connectivity index (χ1v) is 10.7. The Morgan fingerprint density at radius 3 is 2.48 bits per heavy atom. The van der Waals surface area contributed by atoms with Crippen LogP contribution in [0.1, 0.15) is 6.92 Å². The van der Waals surface area contributed by atoms with E-state index in [1.165, 1.54) is 4.90 Å². The van der Waals surface area contributed by atoms with Crippen LogP contribution in [0.4, 0.5) is 4.79 Å². The van der Waals surface area contributed by atoms with Gasteiger partial charge in [-0.3, -0.25) is 19.6 Å². The summed E-state index contributed by atoms with van der Waals surface area (Å²) in [5, 5.41) is 6.52. The van der Waals surface area contributed by atoms with Gasteiger partial charge in [-0.1, -0.05) is 11.6 Å². The van der Waals surface area contributed by atoms with Crippen LogP contribution in [0.25, 0.3) is 0 Å². The molecule has 0 bridgehead atoms. The van der Waals surface area contributed by atoms with Gasteiger partial charge in [-0.05, 0) is 31.2 Å². The number of ether oxygens (including phenoxy) is 1. The van der Waals surface area contributed by atoms with Gasteiger partial charge in [-0.25, -0.2) is 4.79 Å². The fourth-order valence-corrected chi connectivity index (χ4v) is 3.50. The van der Waals surface area contributed by atoms with Gasteiger partial charge in [0.1, 0.15) is 12.4 Å². The number of guanidine groups is 1. The van der Waals surface area contributed by atoms with Gasteiger partial charge in [0, 0.05) is 44.3 Å². The third kappa shape index (κ3) is 7.69. The van der Waals surface area contributed by atoms with Crippen molar-refractivity contribution in [2.75, 3.05) is 65.5 Å². The number of carbonyl (C=O) groups excluding carboxylic acids is 2. The molecule has 2 saturated heterocycles. The second kappa shape index (κ2) is 12.9. The minimum absolute atomic E-state index is 0. The number of nitrogens with one attached hydrogen (secondary N) is 2. The molecule has 2 heterocycles. The van der Waals surface area contributed by atoms with Crippen molar-refractivity contribution in [3.8, 4) is 5.75 Å². The van der Waals surface area contributed by atoms with Crippen LogP contribution in [0.5, 0.6) is 5.75 Å². The Hall–Kier alpha value is -1.79. The molecule has 172 valence electrons. The van der Waals surface area contributed by atoms with E-state index in [1.807, 2.05) is 31.2 Å². The third-order valence-corrected chi connectivity index (χ3v) is 5.27. The summed E-state index contributed by atoms with van der Waals surface area (Å²) in [6.07, 6.45) is 0. The van der Waals surface area contributed by atoms with Crippen molar-refractivity contribution < 1.29 is 14.3 Å². The monoisotopic (exact) mass is 564 g/mol. The largest absolute Gasteiger partial charge is 0.492 e. The molecule has 2 N–H and O–H groups in total. The molecule has 3 amide bonds. The number of hydrogen-bond donors (Lipinski definition) is 2. The lowest BCUT2D eigenvalue weighted by Crippen LogP contribution is -2.53. The maximum absolute atomic E-state index is 11.7. The van der Waals surface area contributed by atoms with E-state index in [0.717, 1.165) is 51.0 Å². The summed E-state index contributed by atoms with van der Waals surface area (Å²) in [7, 11) is 0. The van der Waals surface area contributed by atoms with E-state index in [-0.39, 0.29) is 42.5 Å². The molecule has 9 nitrogen and oxygen atoms in total. The molecule has 0 aromatic heterocycles. The van der Waals surface area contributed by atoms with Crippen LogP contribution >= 0.6 is 35.6 Å². The molecule has 0 aliphatic carbocycles. The Balaban J connectivity index is 0.00000341. The number of nitrogens with zero attached hydrogens (tertiary/aromatic N) is 4. The number of benzene rings is 1. The first-order valence-electron chi connectivity index (χ1n) is 10.3. The molecular formula is C20H30ClIN6O3. The van der Waals surface area contributed by atoms with E-state index in [9.17, 15) is 9.59 Å². The number of urea groups is 1. The summed E-state index contributed by atoms with van der Waals surface area (Å²) in [6.45, 7) is 8.58. The molecule has 11 heteroatoms. The zero-order chi connectivity index (χ0) is 21.3. The zero-order valence-electron chi connectivity index (χ0n) is 17.7. The average molecular weight is 565 g/mol. The maximum Gasteiger partial charge on any atom is 0.324 e. The summed E-state index contributed by atoms with van der Waals surface area (Å²) < 4.78 is 5.78. The number of halogens is 2. The number of rotatable bonds is 8. The fourth-order valence-electron chi connectivity index (χ4n) is 3.37. The quantitative estimate of drug-likeness (QED) is 0.215. The molecule has 31 heavy (non-hydrogen) atoms. The Labute approximate surface area is 205 Å². The van der Waals surface area contributed by atoms with Crippen molar-refractivity contribution in [3.63, 3.8) is 0 Å². The molecule has 1 aromatic carbocycles. The molecule has 0 saturated carbocycles. The average Bonchev–Trinajstić information content (AvgIpc) is 3.07. The van der Waals surface area contributed by atoms with Crippen LogP contribution in [0.15, 0.2) is 29.3 Å². The van der Waals surface area contributed by atoms with Crippen LogP contribution in [-0.2, 0) is 4.79 Å². The highest BCUT2D eigenvalue weighted by atomic mass is 127. The van der Waals surface area contributed by atoms with Crippen LogP contribution in [0, 0.1) is 0 Å². The smallest absolute Gasteiger partial charge is 0.324 e. The van der Waals surface area contributed by atoms with E-state index >= 15 is 0 Å². The SMILES string of the molecule is CCNC(=NCCN1C(=O)CNC1=O)N1CCN(CCOc2ccc(Cl)cc2)CC1.I. The molecule has 1 aromatic rings. The maximum atomic E-state index is 11.7. The van der Waals surface area contributed by atoms with Crippen molar-refractivity contribution in [1.29, 1.82) is 0 Å². The summed E-state index contributed by atoms with van der Waals surface area (Å²) in [6, 6.07) is 7.05. The molecular weight excluding hydrogens is 535 g/mol. The van der Waals surface area contributed by atoms with Crippen LogP contribution in [0.3, 0.4) is 0 Å². The van der Waals surface area contributed by atoms with Crippen molar-refractivity contribution >= 4 is 53.5 Å². The van der Waals surface area contributed by atoms with E-state index in [0.29, 0.717) is 24.7 Å². The topological polar surface area (TPSA) is 89.5 Å². The lowest BCUT2D eigenvalue weighted by atomic mass is 10.3. The lowest BCUT2D eigenvalue weighted by molar-refractivity contribution is -0.124. The van der Waals surface area contributed by atoms with Crippen molar-refractivity contribution in [1.82, 2.24) is 25.3 Å². The molecule has 2 fully saturated rings. The molecule has 0 spiro atoms. The van der Waals surface area contributed by atoms with Crippen LogP contribution in [-0.4, -0.2) is 98.1 Å². The standard InChI is InChI=1S/C20H29ClN6O3.HI/c1-2-22-19(23-7-8-27-18(28)15-24-20(27)29)26-11-9-25(10-12-26)13-14-30-17-5-3-16(21)4-6-17;/h3-6H,2,7-15H2,1H3,(H,22,23)(H,24,29);1H. The van der Waals surface area contributed by atoms with Gasteiger partial charge in [0.25, 0.3) is 0 Å². The number of hydrogen-bond acceptors (Lipinski definition) is 5. The predicted molar refractivity (Wildman–Crippen MR) is 131 cm³/mol. The minimum atomic E-state index is -0.338. The summed E-state index contributed by atoms with van der Waals surface area (Å²) in [5.74, 6) is 1.45. The summed E-state index contributed by atoms with van der Waals surface area (Å²) >= 11 is 5.89. The summed E-state index contributed by atoms with van der Waals surface area (Å²) in [4.78, 5) is 33.7. The molecule has 0 radical (unpaired) electrons. The Morgan fingerprint density at radius 1 is 1.16 bits per heavy atom. The highest BCUT2D eigenvalue weighted by molar-refractivity contribution is 14.0. The lowest BCUT2D eigenvalue weighted by Gasteiger charge is -2.36. The molecule has 3 rings (SSSR count). The number of piperazine rings is 1. The van der Waals surface area contributed by atoms with Gasteiger partial charge in [-0.2, -0.15) is 0 Å². The second-order valence-electron chi connectivity index (χ2n) is 7.07. The predicted octanol–water partition coefficient (Wildman–Crippen LogP) is 1.47. The number of amides is 3. The second-order valence-corrected chi connectivity index (χ2v) is 7.51. The summed E-state index contributed by atoms with van der Waals surface area (Å²) in [5.41, 5.74) is 0. The number of imide groups is 1. The highest BCUT2D eigenvalue weighted by Gasteiger charge is 2.27. The van der Waals surface area contributed by atoms with Gasteiger partial charge in [0.2, 0.25) is 5.91 Å². The number of carbonyl (C=O) groups is 2. The van der Waals surface area contributed by atoms with Gasteiger partial charge >= 0.3 is 6.03 Å². The Kier molecular flexibility index (Phi) is 10.6. The highest BCUT2D eigenvalue weighted by Crippen LogP contribution is 2.15. The van der Waals surface area contributed by atoms with Gasteiger partial charge in [0.15, 0.2) is 5.96 Å². The molecule has 2 aliphatic heterocycles. The third-order valence-electron chi connectivity index (χ3n) is 5.02. The van der Waals surface area contributed by atoms with E-state index in [4.69, 9.17) is 16.3 Å². The molecule has 0 unspecified atom stereocenters. The normalized spacial score (nSPS) is 17.4. The van der Waals surface area contributed by atoms with E-state index < -0.39 is 0 Å². The fraction of sp³-hybridized carbons (Fsp3) is 0.550. The minimum Gasteiger partial charge on any atom is -0.492 e. The Bertz CT molecular complexity index is 740. The van der Waals surface area contributed by atoms with Gasteiger partial charge < -0.3 is 20.3 Å². The van der Waals surface area contributed by atoms with Crippen molar-refractivity contribution in [2.45, 2.75) is 6.92 Å². The van der Waals surface area contributed by atoms with Gasteiger partial charge in [-0.15, -0.1) is 24.0 Å². The van der Waals surface area contributed by atoms with Crippen molar-refractivity contribution in [2.24, 2.45) is 4.99 Å². The Morgan fingerprint density at radius 2 is 1.87 bits per heavy atom. The van der Waals surface area contributed by atoms with Gasteiger partial charge in [0.05, 0.1) is 19.6 Å². The zero-order valence-corrected chi connectivity index (χ0v) is 20.8. The number of aliphatic imine (C=N–C) groups is 1. The van der Waals surface area contributed by atoms with E-state index in [2.05, 4.69) is 25.4 Å². The molecule has 0 atom stereocenters.